The SMILES string of the molecule is O=C(Cn1cnc2scc(-c3ccc(F)cc3)c2c1=O)N1CCC[C@@H]1c1ccc2c(c1)OCCO2. The normalized spacial score (nSPS) is 17.2. The van der Waals surface area contributed by atoms with Gasteiger partial charge < -0.3 is 14.4 Å². The third kappa shape index (κ3) is 3.95. The highest BCUT2D eigenvalue weighted by Gasteiger charge is 2.31. The van der Waals surface area contributed by atoms with E-state index in [4.69, 9.17) is 9.47 Å². The highest BCUT2D eigenvalue weighted by molar-refractivity contribution is 7.17. The lowest BCUT2D eigenvalue weighted by Crippen LogP contribution is -2.36. The number of fused-ring (bicyclic) bond motifs is 2. The molecule has 1 saturated heterocycles. The summed E-state index contributed by atoms with van der Waals surface area (Å²) in [5.74, 6) is 0.941. The van der Waals surface area contributed by atoms with Gasteiger partial charge in [-0.3, -0.25) is 14.2 Å². The van der Waals surface area contributed by atoms with E-state index in [1.807, 2.05) is 28.5 Å². The predicted octanol–water partition coefficient (Wildman–Crippen LogP) is 4.40. The molecule has 0 bridgehead atoms. The Morgan fingerprint density at radius 3 is 2.74 bits per heavy atom. The number of hydrogen-bond donors (Lipinski definition) is 0. The van der Waals surface area contributed by atoms with Gasteiger partial charge in [-0.15, -0.1) is 11.3 Å². The number of rotatable bonds is 4. The Balaban J connectivity index is 1.28. The molecule has 0 unspecified atom stereocenters. The van der Waals surface area contributed by atoms with E-state index >= 15 is 0 Å². The lowest BCUT2D eigenvalue weighted by Gasteiger charge is -2.27. The summed E-state index contributed by atoms with van der Waals surface area (Å²) in [6.07, 6.45) is 3.16. The van der Waals surface area contributed by atoms with Crippen molar-refractivity contribution in [1.29, 1.82) is 0 Å². The molecule has 35 heavy (non-hydrogen) atoms. The van der Waals surface area contributed by atoms with Gasteiger partial charge in [0.05, 0.1) is 17.8 Å². The molecule has 1 amide bonds. The van der Waals surface area contributed by atoms with Crippen LogP contribution in [0.5, 0.6) is 11.5 Å². The van der Waals surface area contributed by atoms with Crippen LogP contribution in [0, 0.1) is 5.82 Å². The third-order valence-corrected chi connectivity index (χ3v) is 7.43. The van der Waals surface area contributed by atoms with Crippen molar-refractivity contribution in [2.45, 2.75) is 25.4 Å². The van der Waals surface area contributed by atoms with Gasteiger partial charge in [-0.1, -0.05) is 18.2 Å². The minimum absolute atomic E-state index is 0.0818. The first-order valence-electron chi connectivity index (χ1n) is 11.5. The number of likely N-dealkylation sites (tertiary alicyclic amines) is 1. The van der Waals surface area contributed by atoms with Crippen LogP contribution in [-0.4, -0.2) is 40.1 Å². The van der Waals surface area contributed by atoms with Gasteiger partial charge in [0.2, 0.25) is 5.91 Å². The summed E-state index contributed by atoms with van der Waals surface area (Å²) in [7, 11) is 0. The van der Waals surface area contributed by atoms with E-state index in [0.717, 1.165) is 29.7 Å². The van der Waals surface area contributed by atoms with Crippen LogP contribution in [-0.2, 0) is 11.3 Å². The van der Waals surface area contributed by atoms with Gasteiger partial charge in [0.25, 0.3) is 5.56 Å². The topological polar surface area (TPSA) is 73.7 Å². The van der Waals surface area contributed by atoms with Crippen LogP contribution < -0.4 is 15.0 Å². The molecule has 4 aromatic rings. The average Bonchev–Trinajstić information content (AvgIpc) is 3.54. The number of halogens is 1. The molecule has 2 aromatic heterocycles. The van der Waals surface area contributed by atoms with Gasteiger partial charge in [-0.25, -0.2) is 9.37 Å². The van der Waals surface area contributed by atoms with Crippen molar-refractivity contribution in [3.63, 3.8) is 0 Å². The number of hydrogen-bond acceptors (Lipinski definition) is 6. The largest absolute Gasteiger partial charge is 0.486 e. The lowest BCUT2D eigenvalue weighted by molar-refractivity contribution is -0.132. The Morgan fingerprint density at radius 2 is 1.91 bits per heavy atom. The van der Waals surface area contributed by atoms with Crippen LogP contribution in [0.4, 0.5) is 4.39 Å². The minimum atomic E-state index is -0.340. The van der Waals surface area contributed by atoms with Gasteiger partial charge in [-0.2, -0.15) is 0 Å². The lowest BCUT2D eigenvalue weighted by atomic mass is 10.0. The quantitative estimate of drug-likeness (QED) is 0.423. The number of aromatic nitrogens is 2. The predicted molar refractivity (Wildman–Crippen MR) is 130 cm³/mol. The Kier molecular flexibility index (Phi) is 5.49. The number of carbonyl (C=O) groups is 1. The summed E-state index contributed by atoms with van der Waals surface area (Å²) in [4.78, 5) is 33.6. The molecule has 4 heterocycles. The number of benzene rings is 2. The molecule has 0 aliphatic carbocycles. The Hall–Kier alpha value is -3.72. The van der Waals surface area contributed by atoms with Crippen LogP contribution in [0.3, 0.4) is 0 Å². The average molecular weight is 492 g/mol. The second-order valence-corrected chi connectivity index (χ2v) is 9.52. The first-order chi connectivity index (χ1) is 17.1. The van der Waals surface area contributed by atoms with E-state index in [9.17, 15) is 14.0 Å². The van der Waals surface area contributed by atoms with Gasteiger partial charge in [-0.05, 0) is 48.2 Å². The number of ether oxygens (including phenoxy) is 2. The van der Waals surface area contributed by atoms with Crippen molar-refractivity contribution >= 4 is 27.5 Å². The number of amides is 1. The Bertz CT molecular complexity index is 1480. The number of carbonyl (C=O) groups excluding carboxylic acids is 1. The molecular weight excluding hydrogens is 469 g/mol. The summed E-state index contributed by atoms with van der Waals surface area (Å²) in [6.45, 7) is 1.56. The van der Waals surface area contributed by atoms with Gasteiger partial charge in [0.1, 0.15) is 30.4 Å². The summed E-state index contributed by atoms with van der Waals surface area (Å²) in [5.41, 5.74) is 2.15. The Labute approximate surface area is 204 Å². The molecule has 2 aromatic carbocycles. The van der Waals surface area contributed by atoms with Crippen LogP contribution in [0.15, 0.2) is 59.0 Å². The molecule has 2 aliphatic heterocycles. The highest BCUT2D eigenvalue weighted by atomic mass is 32.1. The van der Waals surface area contributed by atoms with Crippen molar-refractivity contribution < 1.29 is 18.7 Å². The molecule has 178 valence electrons. The highest BCUT2D eigenvalue weighted by Crippen LogP contribution is 2.38. The summed E-state index contributed by atoms with van der Waals surface area (Å²) < 4.78 is 26.1. The van der Waals surface area contributed by atoms with Gasteiger partial charge in [0, 0.05) is 17.5 Å². The Morgan fingerprint density at radius 1 is 1.11 bits per heavy atom. The van der Waals surface area contributed by atoms with Crippen LogP contribution in [0.1, 0.15) is 24.4 Å². The van der Waals surface area contributed by atoms with E-state index in [2.05, 4.69) is 4.98 Å². The zero-order valence-electron chi connectivity index (χ0n) is 18.8. The molecule has 1 fully saturated rings. The molecule has 0 spiro atoms. The molecule has 7 nitrogen and oxygen atoms in total. The first-order valence-corrected chi connectivity index (χ1v) is 12.4. The number of nitrogens with zero attached hydrogens (tertiary/aromatic N) is 3. The van der Waals surface area contributed by atoms with Crippen LogP contribution in [0.25, 0.3) is 21.3 Å². The van der Waals surface area contributed by atoms with E-state index in [0.29, 0.717) is 41.3 Å². The van der Waals surface area contributed by atoms with Crippen molar-refractivity contribution in [3.8, 4) is 22.6 Å². The van der Waals surface area contributed by atoms with Crippen LogP contribution in [0.2, 0.25) is 0 Å². The molecule has 1 atom stereocenters. The maximum absolute atomic E-state index is 13.4. The summed E-state index contributed by atoms with van der Waals surface area (Å²) in [5, 5.41) is 2.29. The molecule has 0 radical (unpaired) electrons. The van der Waals surface area contributed by atoms with Gasteiger partial charge >= 0.3 is 0 Å². The minimum Gasteiger partial charge on any atom is -0.486 e. The molecule has 0 saturated carbocycles. The van der Waals surface area contributed by atoms with E-state index < -0.39 is 0 Å². The van der Waals surface area contributed by atoms with Crippen LogP contribution >= 0.6 is 11.3 Å². The maximum Gasteiger partial charge on any atom is 0.263 e. The van der Waals surface area contributed by atoms with Crippen molar-refractivity contribution in [3.05, 3.63) is 75.9 Å². The summed E-state index contributed by atoms with van der Waals surface area (Å²) >= 11 is 1.35. The van der Waals surface area contributed by atoms with Crippen molar-refractivity contribution in [1.82, 2.24) is 14.5 Å². The monoisotopic (exact) mass is 491 g/mol. The fourth-order valence-electron chi connectivity index (χ4n) is 4.84. The first kappa shape index (κ1) is 21.8. The third-order valence-electron chi connectivity index (χ3n) is 6.55. The van der Waals surface area contributed by atoms with E-state index in [1.165, 1.54) is 34.4 Å². The molecule has 2 aliphatic rings. The molecule has 6 rings (SSSR count). The molecule has 0 N–H and O–H groups in total. The smallest absolute Gasteiger partial charge is 0.263 e. The summed E-state index contributed by atoms with van der Waals surface area (Å²) in [6, 6.07) is 11.7. The van der Waals surface area contributed by atoms with Crippen molar-refractivity contribution in [2.75, 3.05) is 19.8 Å². The maximum atomic E-state index is 13.4. The van der Waals surface area contributed by atoms with E-state index in [1.54, 1.807) is 12.1 Å². The second-order valence-electron chi connectivity index (χ2n) is 8.66. The molecule has 9 heteroatoms. The number of thiophene rings is 1. The fourth-order valence-corrected chi connectivity index (χ4v) is 5.74. The van der Waals surface area contributed by atoms with Crippen molar-refractivity contribution in [2.24, 2.45) is 0 Å². The van der Waals surface area contributed by atoms with Gasteiger partial charge in [0.15, 0.2) is 11.5 Å². The zero-order chi connectivity index (χ0) is 23.9. The zero-order valence-corrected chi connectivity index (χ0v) is 19.6. The fraction of sp³-hybridized carbons (Fsp3) is 0.269. The van der Waals surface area contributed by atoms with E-state index in [-0.39, 0.29) is 29.9 Å². The molecular formula is C26H22FN3O4S. The standard InChI is InChI=1S/C26H22FN3O4S/c27-18-6-3-16(4-7-18)19-14-35-25-24(19)26(32)29(15-28-25)13-23(31)30-9-1-2-20(30)17-5-8-21-22(12-17)34-11-10-33-21/h3-8,12,14-15,20H,1-2,9-11,13H2/t20-/m1/s1. The second kappa shape index (κ2) is 8.81.